The number of halogens is 1. The Morgan fingerprint density at radius 3 is 3.06 bits per heavy atom. The van der Waals surface area contributed by atoms with E-state index < -0.39 is 0 Å². The van der Waals surface area contributed by atoms with Gasteiger partial charge in [0.25, 0.3) is 5.91 Å². The summed E-state index contributed by atoms with van der Waals surface area (Å²) in [5, 5.41) is 0. The van der Waals surface area contributed by atoms with E-state index in [4.69, 9.17) is 4.74 Å². The average Bonchev–Trinajstić information content (AvgIpc) is 2.30. The van der Waals surface area contributed by atoms with Gasteiger partial charge in [0, 0.05) is 12.7 Å². The molecule has 4 nitrogen and oxygen atoms in total. The fraction of sp³-hybridized carbons (Fsp3) is 0.455. The lowest BCUT2D eigenvalue weighted by molar-refractivity contribution is 0.00357. The number of nitrogens with zero attached hydrogens (tertiary/aromatic N) is 2. The highest BCUT2D eigenvalue weighted by Gasteiger charge is 2.24. The first kappa shape index (κ1) is 11.5. The first-order valence-electron chi connectivity index (χ1n) is 5.19. The largest absolute Gasteiger partial charge is 0.377 e. The molecule has 0 spiro atoms. The van der Waals surface area contributed by atoms with Crippen molar-refractivity contribution in [2.45, 2.75) is 13.0 Å². The van der Waals surface area contributed by atoms with Crippen LogP contribution >= 0.6 is 15.9 Å². The predicted molar refractivity (Wildman–Crippen MR) is 63.3 cm³/mol. The second kappa shape index (κ2) is 4.93. The van der Waals surface area contributed by atoms with Crippen molar-refractivity contribution >= 4 is 21.8 Å². The van der Waals surface area contributed by atoms with Crippen LogP contribution in [-0.4, -0.2) is 41.6 Å². The first-order valence-corrected chi connectivity index (χ1v) is 5.98. The second-order valence-corrected chi connectivity index (χ2v) is 4.60. The number of carbonyl (C=O) groups is 1. The maximum Gasteiger partial charge on any atom is 0.255 e. The van der Waals surface area contributed by atoms with E-state index in [1.54, 1.807) is 18.3 Å². The number of hydrogen-bond donors (Lipinski definition) is 0. The van der Waals surface area contributed by atoms with E-state index in [1.165, 1.54) is 0 Å². The summed E-state index contributed by atoms with van der Waals surface area (Å²) in [6, 6.07) is 3.69. The van der Waals surface area contributed by atoms with Gasteiger partial charge < -0.3 is 9.64 Å². The molecule has 1 aliphatic heterocycles. The maximum atomic E-state index is 12.1. The zero-order valence-corrected chi connectivity index (χ0v) is 10.6. The van der Waals surface area contributed by atoms with Crippen molar-refractivity contribution in [3.05, 3.63) is 28.5 Å². The van der Waals surface area contributed by atoms with E-state index in [9.17, 15) is 4.79 Å². The van der Waals surface area contributed by atoms with Crippen LogP contribution < -0.4 is 0 Å². The van der Waals surface area contributed by atoms with Crippen molar-refractivity contribution in [1.29, 1.82) is 0 Å². The summed E-state index contributed by atoms with van der Waals surface area (Å²) in [6.07, 6.45) is 1.59. The number of ether oxygens (including phenoxy) is 1. The lowest BCUT2D eigenvalue weighted by Crippen LogP contribution is -2.47. The van der Waals surface area contributed by atoms with Crippen LogP contribution in [0.3, 0.4) is 0 Å². The SMILES string of the molecule is CC1COCCN1C(=O)c1ccc(Br)nc1. The van der Waals surface area contributed by atoms with Gasteiger partial charge in [0.1, 0.15) is 4.60 Å². The van der Waals surface area contributed by atoms with Crippen LogP contribution in [0.2, 0.25) is 0 Å². The molecule has 0 aliphatic carbocycles. The van der Waals surface area contributed by atoms with Crippen LogP contribution in [0.15, 0.2) is 22.9 Å². The molecule has 1 amide bonds. The number of aromatic nitrogens is 1. The second-order valence-electron chi connectivity index (χ2n) is 3.79. The topological polar surface area (TPSA) is 42.4 Å². The van der Waals surface area contributed by atoms with Crippen LogP contribution in [0.5, 0.6) is 0 Å². The van der Waals surface area contributed by atoms with Crippen LogP contribution in [0.25, 0.3) is 0 Å². The lowest BCUT2D eigenvalue weighted by Gasteiger charge is -2.33. The monoisotopic (exact) mass is 284 g/mol. The van der Waals surface area contributed by atoms with E-state index in [0.717, 1.165) is 4.60 Å². The van der Waals surface area contributed by atoms with Crippen molar-refractivity contribution in [2.24, 2.45) is 0 Å². The number of morpholine rings is 1. The van der Waals surface area contributed by atoms with E-state index >= 15 is 0 Å². The standard InChI is InChI=1S/C11H13BrN2O2/c1-8-7-16-5-4-14(8)11(15)9-2-3-10(12)13-6-9/h2-3,6,8H,4-5,7H2,1H3. The van der Waals surface area contributed by atoms with Crippen LogP contribution in [-0.2, 0) is 4.74 Å². The number of amides is 1. The molecule has 1 aliphatic rings. The van der Waals surface area contributed by atoms with Gasteiger partial charge in [0.05, 0.1) is 24.8 Å². The third-order valence-corrected chi connectivity index (χ3v) is 3.07. The number of pyridine rings is 1. The molecule has 5 heteroatoms. The highest BCUT2D eigenvalue weighted by molar-refractivity contribution is 9.10. The van der Waals surface area contributed by atoms with Crippen LogP contribution in [0.1, 0.15) is 17.3 Å². The molecular weight excluding hydrogens is 272 g/mol. The van der Waals surface area contributed by atoms with E-state index in [0.29, 0.717) is 25.3 Å². The minimum absolute atomic E-state index is 0.0239. The lowest BCUT2D eigenvalue weighted by atomic mass is 10.2. The van der Waals surface area contributed by atoms with E-state index in [-0.39, 0.29) is 11.9 Å². The Balaban J connectivity index is 2.14. The predicted octanol–water partition coefficient (Wildman–Crippen LogP) is 1.70. The summed E-state index contributed by atoms with van der Waals surface area (Å²) >= 11 is 3.25. The van der Waals surface area contributed by atoms with E-state index in [2.05, 4.69) is 20.9 Å². The summed E-state index contributed by atoms with van der Waals surface area (Å²) < 4.78 is 6.04. The highest BCUT2D eigenvalue weighted by Crippen LogP contribution is 2.13. The van der Waals surface area contributed by atoms with Gasteiger partial charge in [-0.15, -0.1) is 0 Å². The number of carbonyl (C=O) groups excluding carboxylic acids is 1. The average molecular weight is 285 g/mol. The van der Waals surface area contributed by atoms with Gasteiger partial charge in [-0.05, 0) is 35.0 Å². The molecular formula is C11H13BrN2O2. The van der Waals surface area contributed by atoms with Crippen LogP contribution in [0, 0.1) is 0 Å². The Hall–Kier alpha value is -0.940. The summed E-state index contributed by atoms with van der Waals surface area (Å²) in [5.41, 5.74) is 0.622. The fourth-order valence-corrected chi connectivity index (χ4v) is 1.93. The fourth-order valence-electron chi connectivity index (χ4n) is 1.70. The summed E-state index contributed by atoms with van der Waals surface area (Å²) in [6.45, 7) is 3.86. The molecule has 1 atom stereocenters. The quantitative estimate of drug-likeness (QED) is 0.738. The molecule has 1 unspecified atom stereocenters. The highest BCUT2D eigenvalue weighted by atomic mass is 79.9. The van der Waals surface area contributed by atoms with Gasteiger partial charge >= 0.3 is 0 Å². The first-order chi connectivity index (χ1) is 7.68. The Morgan fingerprint density at radius 2 is 2.44 bits per heavy atom. The molecule has 1 aromatic rings. The summed E-state index contributed by atoms with van der Waals surface area (Å²) in [7, 11) is 0. The third kappa shape index (κ3) is 2.41. The Labute approximate surface area is 103 Å². The maximum absolute atomic E-state index is 12.1. The Kier molecular flexibility index (Phi) is 3.56. The van der Waals surface area contributed by atoms with Crippen molar-refractivity contribution in [3.63, 3.8) is 0 Å². The molecule has 1 fully saturated rings. The van der Waals surface area contributed by atoms with Crippen molar-refractivity contribution in [3.8, 4) is 0 Å². The molecule has 2 rings (SSSR count). The zero-order chi connectivity index (χ0) is 11.5. The van der Waals surface area contributed by atoms with Gasteiger partial charge in [-0.3, -0.25) is 4.79 Å². The third-order valence-electron chi connectivity index (χ3n) is 2.60. The Bertz CT molecular complexity index is 380. The normalized spacial score (nSPS) is 20.9. The molecule has 0 N–H and O–H groups in total. The van der Waals surface area contributed by atoms with Crippen molar-refractivity contribution in [1.82, 2.24) is 9.88 Å². The van der Waals surface area contributed by atoms with Crippen molar-refractivity contribution in [2.75, 3.05) is 19.8 Å². The van der Waals surface area contributed by atoms with Crippen LogP contribution in [0.4, 0.5) is 0 Å². The molecule has 86 valence electrons. The summed E-state index contributed by atoms with van der Waals surface area (Å²) in [5.74, 6) is 0.0239. The smallest absolute Gasteiger partial charge is 0.255 e. The minimum Gasteiger partial charge on any atom is -0.377 e. The molecule has 0 aromatic carbocycles. The molecule has 0 radical (unpaired) electrons. The Morgan fingerprint density at radius 1 is 1.62 bits per heavy atom. The molecule has 16 heavy (non-hydrogen) atoms. The zero-order valence-electron chi connectivity index (χ0n) is 9.02. The van der Waals surface area contributed by atoms with Gasteiger partial charge in [-0.25, -0.2) is 4.98 Å². The minimum atomic E-state index is 0.0239. The molecule has 2 heterocycles. The van der Waals surface area contributed by atoms with Gasteiger partial charge in [-0.1, -0.05) is 0 Å². The molecule has 1 saturated heterocycles. The van der Waals surface area contributed by atoms with Crippen molar-refractivity contribution < 1.29 is 9.53 Å². The molecule has 0 bridgehead atoms. The van der Waals surface area contributed by atoms with Gasteiger partial charge in [-0.2, -0.15) is 0 Å². The summed E-state index contributed by atoms with van der Waals surface area (Å²) in [4.78, 5) is 18.0. The number of hydrogen-bond acceptors (Lipinski definition) is 3. The van der Waals surface area contributed by atoms with E-state index in [1.807, 2.05) is 11.8 Å². The van der Waals surface area contributed by atoms with Gasteiger partial charge in [0.2, 0.25) is 0 Å². The molecule has 1 aromatic heterocycles. The molecule has 0 saturated carbocycles. The number of rotatable bonds is 1. The van der Waals surface area contributed by atoms with Gasteiger partial charge in [0.15, 0.2) is 0 Å².